The van der Waals surface area contributed by atoms with E-state index in [1.807, 2.05) is 32.0 Å². The molecule has 0 bridgehead atoms. The Morgan fingerprint density at radius 1 is 0.504 bits per heavy atom. The van der Waals surface area contributed by atoms with Crippen LogP contribution in [-0.4, -0.2) is 320 Å². The van der Waals surface area contributed by atoms with Crippen LogP contribution >= 0.6 is 23.1 Å². The van der Waals surface area contributed by atoms with Gasteiger partial charge in [0.05, 0.1) is 25.3 Å². The number of carbonyl (C=O) groups is 17. The molecule has 131 heavy (non-hydrogen) atoms. The lowest BCUT2D eigenvalue weighted by Gasteiger charge is -2.36. The number of nitrogens with one attached hydrogen (secondary N) is 13. The number of aliphatic hydroxyl groups excluding tert-OH is 3. The molecule has 714 valence electrons. The van der Waals surface area contributed by atoms with Crippen molar-refractivity contribution in [1.82, 2.24) is 88.0 Å². The van der Waals surface area contributed by atoms with Crippen LogP contribution in [0.25, 0.3) is 21.0 Å². The fourth-order valence-electron chi connectivity index (χ4n) is 15.9. The molecule has 17 amide bonds. The first-order chi connectivity index (χ1) is 62.5. The Labute approximate surface area is 765 Å². The molecular weight excluding hydrogens is 1740 g/mol. The van der Waals surface area contributed by atoms with Gasteiger partial charge in [0.1, 0.15) is 90.3 Å². The number of nitrogens with zero attached hydrogens (tertiary/aromatic N) is 5. The van der Waals surface area contributed by atoms with E-state index < -0.39 is 248 Å². The van der Waals surface area contributed by atoms with Gasteiger partial charge in [0, 0.05) is 101 Å². The molecule has 44 heteroatoms. The fraction of sp³-hybridized carbons (Fsp3) is 0.540. The Morgan fingerprint density at radius 2 is 1.02 bits per heavy atom. The van der Waals surface area contributed by atoms with E-state index in [2.05, 4.69) is 63.5 Å². The number of thioether (sulfide) groups is 1. The van der Waals surface area contributed by atoms with Crippen LogP contribution in [0.2, 0.25) is 0 Å². The molecule has 3 fully saturated rings. The molecule has 8 rings (SSSR count). The molecular formula is C87H123N21O21S2. The van der Waals surface area contributed by atoms with Gasteiger partial charge in [0.25, 0.3) is 0 Å². The number of aromatic nitrogens is 1. The summed E-state index contributed by atoms with van der Waals surface area (Å²) < 4.78 is 0.813. The number of guanidine groups is 1. The summed E-state index contributed by atoms with van der Waals surface area (Å²) in [6.45, 7) is 1.43. The number of benzene rings is 3. The van der Waals surface area contributed by atoms with Crippen molar-refractivity contribution in [3.8, 4) is 5.75 Å². The van der Waals surface area contributed by atoms with Crippen molar-refractivity contribution < 1.29 is 102 Å². The van der Waals surface area contributed by atoms with E-state index in [0.29, 0.717) is 58.7 Å². The van der Waals surface area contributed by atoms with E-state index in [1.165, 1.54) is 63.7 Å². The molecule has 5 heterocycles. The Bertz CT molecular complexity index is 4900. The Morgan fingerprint density at radius 3 is 1.65 bits per heavy atom. The van der Waals surface area contributed by atoms with E-state index in [4.69, 9.17) is 22.6 Å². The molecule has 0 radical (unpaired) electrons. The zero-order valence-corrected chi connectivity index (χ0v) is 75.9. The minimum absolute atomic E-state index is 0.000465. The maximum absolute atomic E-state index is 15.7. The second-order valence-corrected chi connectivity index (χ2v) is 34.7. The maximum Gasteiger partial charge on any atom is 0.246 e. The summed E-state index contributed by atoms with van der Waals surface area (Å²) in [5.74, 6) is -17.8. The fourth-order valence-corrected chi connectivity index (χ4v) is 17.8. The Kier molecular flexibility index (Phi) is 40.1. The van der Waals surface area contributed by atoms with Gasteiger partial charge in [-0.25, -0.2) is 0 Å². The number of thiophene rings is 1. The van der Waals surface area contributed by atoms with E-state index in [0.717, 1.165) is 41.0 Å². The van der Waals surface area contributed by atoms with Gasteiger partial charge in [0.2, 0.25) is 100 Å². The van der Waals surface area contributed by atoms with Crippen LogP contribution in [0, 0.1) is 5.41 Å². The SMILES string of the molecule is CCCC[C@H]1C(=O)N(C)[C@@H](CCCC)C(=O)N[C@@H](CCCNC(=N)N)C(=O)N[C@H](C(=O)NCC(N)=O)CSCC(=O)N[C@@H](Cc2ccc(O)cc2)C(=O)N(C)[C@@H](C)C(=O)N[C@H](CC(N)=O)C(=O)N2CCC[C@H]2C(=O)N[C@@H](CCO)C(=O)N[C@@H](CCO)C(=O)N2CCC[C@H]2C(=O)N[C@@H](Cc2c[nH]c3ccccc23)C(=O)N[C@@H](CO)C(=O)N[C@@H](Cc2csc3ccccc23)C(=O)N1C. The average Bonchev–Trinajstić information content (AvgIpc) is 1.81. The number of H-pyrrole nitrogens is 1. The molecule has 3 aliphatic rings. The second kappa shape index (κ2) is 50.6. The number of rotatable bonds is 26. The van der Waals surface area contributed by atoms with Crippen molar-refractivity contribution in [1.29, 1.82) is 5.41 Å². The summed E-state index contributed by atoms with van der Waals surface area (Å²) in [6, 6.07) is -2.00. The first-order valence-corrected chi connectivity index (χ1v) is 45.8. The van der Waals surface area contributed by atoms with Crippen molar-refractivity contribution in [3.05, 3.63) is 101 Å². The molecule has 14 atom stereocenters. The van der Waals surface area contributed by atoms with Crippen molar-refractivity contribution >= 4 is 150 Å². The summed E-state index contributed by atoms with van der Waals surface area (Å²) >= 11 is 2.10. The quantitative estimate of drug-likeness (QED) is 0.0146. The highest BCUT2D eigenvalue weighted by atomic mass is 32.2. The number of carbonyl (C=O) groups excluding carboxylic acids is 17. The Hall–Kier alpha value is -12.6. The number of aromatic hydroxyl groups is 1. The standard InChI is InChI=1S/C87H123N21O21S2/c1-7-9-22-65-79(122)96-56(21-15-33-92-87(90)91)75(118)103-64(74(117)94-43-71(89)114)46-130-47-72(115)95-60(38-49-27-29-52(112)30-28-49)82(125)104(4)48(3)73(116)100-62(41-70(88)113)85(128)108-35-17-24-66(108)80(123)97-57(31-36-109)76(119)98-58(32-37-110)84(127)107-34-16-25-67(107)81(124)99-59(39-50-42-93-55-20-13-11-18-53(50)55)77(120)102-63(44-111)78(121)101-61(40-51-45-131-69-26-14-12-19-54(51)69)83(126)106(6)68(23-10-8-2)86(129)105(65)5/h11-14,18-20,26-30,42,45,48,56-68,93,109-112H,7-10,15-17,21-25,31-41,43-44,46-47H2,1-6H3,(H2,88,113)(H2,89,114)(H,94,117)(H,95,115)(H,96,122)(H,97,123)(H,98,119)(H,99,124)(H,100,116)(H,101,121)(H,102,120)(H,103,118)(H4,90,91,92)/t48-,56-,57-,58-,59-,60-,61-,62+,63-,64-,65-,66-,67-,68-/m0/s1. The van der Waals surface area contributed by atoms with Gasteiger partial charge in [-0.2, -0.15) is 0 Å². The highest BCUT2D eigenvalue weighted by Gasteiger charge is 2.45. The van der Waals surface area contributed by atoms with Gasteiger partial charge in [-0.05, 0) is 123 Å². The van der Waals surface area contributed by atoms with E-state index in [9.17, 15) is 73.2 Å². The zero-order chi connectivity index (χ0) is 95.9. The van der Waals surface area contributed by atoms with E-state index >= 15 is 28.8 Å². The molecule has 5 aromatic rings. The van der Waals surface area contributed by atoms with Crippen molar-refractivity contribution in [2.24, 2.45) is 17.2 Å². The molecule has 2 aromatic heterocycles. The summed E-state index contributed by atoms with van der Waals surface area (Å²) in [5, 5.41) is 81.7. The Balaban J connectivity index is 1.18. The van der Waals surface area contributed by atoms with Crippen LogP contribution in [0.5, 0.6) is 5.75 Å². The van der Waals surface area contributed by atoms with Crippen molar-refractivity contribution in [2.75, 3.05) is 78.6 Å². The first-order valence-electron chi connectivity index (χ1n) is 43.8. The number of fused-ring (bicyclic) bond motifs is 4. The minimum Gasteiger partial charge on any atom is -0.508 e. The lowest BCUT2D eigenvalue weighted by molar-refractivity contribution is -0.149. The van der Waals surface area contributed by atoms with Gasteiger partial charge in [-0.15, -0.1) is 23.1 Å². The van der Waals surface area contributed by atoms with Crippen molar-refractivity contribution in [3.63, 3.8) is 0 Å². The number of hydrogen-bond donors (Lipinski definition) is 20. The van der Waals surface area contributed by atoms with E-state index in [1.54, 1.807) is 41.9 Å². The molecule has 3 aromatic carbocycles. The zero-order valence-electron chi connectivity index (χ0n) is 74.3. The third-order valence-electron chi connectivity index (χ3n) is 23.3. The number of phenols is 1. The van der Waals surface area contributed by atoms with Gasteiger partial charge < -0.3 is 126 Å². The molecule has 0 saturated carbocycles. The summed E-state index contributed by atoms with van der Waals surface area (Å²) in [7, 11) is 3.90. The van der Waals surface area contributed by atoms with Gasteiger partial charge in [0.15, 0.2) is 5.96 Å². The average molecular weight is 1860 g/mol. The number of primary amides is 2. The largest absolute Gasteiger partial charge is 0.508 e. The lowest BCUT2D eigenvalue weighted by atomic mass is 10.00. The number of aliphatic hydroxyl groups is 3. The molecule has 42 nitrogen and oxygen atoms in total. The van der Waals surface area contributed by atoms with Crippen LogP contribution in [0.4, 0.5) is 0 Å². The number of likely N-dealkylation sites (N-methyl/N-ethyl adjacent to an activating group) is 3. The molecule has 0 unspecified atom stereocenters. The second-order valence-electron chi connectivity index (χ2n) is 32.8. The van der Waals surface area contributed by atoms with Crippen LogP contribution in [-0.2, 0) is 101 Å². The monoisotopic (exact) mass is 1860 g/mol. The normalized spacial score (nSPS) is 24.5. The molecule has 0 aliphatic carbocycles. The molecule has 3 saturated heterocycles. The van der Waals surface area contributed by atoms with Crippen LogP contribution in [0.3, 0.4) is 0 Å². The predicted molar refractivity (Wildman–Crippen MR) is 484 cm³/mol. The number of hydrogen-bond acceptors (Lipinski definition) is 24. The third kappa shape index (κ3) is 29.2. The highest BCUT2D eigenvalue weighted by Crippen LogP contribution is 2.30. The van der Waals surface area contributed by atoms with Crippen LogP contribution in [0.1, 0.15) is 134 Å². The lowest BCUT2D eigenvalue weighted by Crippen LogP contribution is -2.61. The smallest absolute Gasteiger partial charge is 0.246 e. The number of amides is 17. The number of nitrogens with two attached hydrogens (primary N) is 3. The third-order valence-corrected chi connectivity index (χ3v) is 25.4. The summed E-state index contributed by atoms with van der Waals surface area (Å²) in [6.07, 6.45) is 0.833. The van der Waals surface area contributed by atoms with Crippen LogP contribution < -0.4 is 75.7 Å². The number of para-hydroxylation sites is 1. The van der Waals surface area contributed by atoms with Crippen LogP contribution in [0.15, 0.2) is 84.4 Å². The predicted octanol–water partition coefficient (Wildman–Crippen LogP) is -3.41. The highest BCUT2D eigenvalue weighted by molar-refractivity contribution is 8.00. The number of aromatic amines is 1. The first kappa shape index (κ1) is 104. The topological polar surface area (TPSA) is 637 Å². The number of phenolic OH excluding ortho intramolecular Hbond substituents is 1. The van der Waals surface area contributed by atoms with Gasteiger partial charge in [-0.3, -0.25) is 86.9 Å². The minimum atomic E-state index is -1.86. The summed E-state index contributed by atoms with van der Waals surface area (Å²) in [4.78, 5) is 256. The van der Waals surface area contributed by atoms with E-state index in [-0.39, 0.29) is 96.0 Å². The molecule has 23 N–H and O–H groups in total. The van der Waals surface area contributed by atoms with Gasteiger partial charge >= 0.3 is 0 Å². The van der Waals surface area contributed by atoms with Gasteiger partial charge in [-0.1, -0.05) is 88.1 Å². The maximum atomic E-state index is 15.7. The van der Waals surface area contributed by atoms with Crippen molar-refractivity contribution in [2.45, 2.75) is 221 Å². The molecule has 0 spiro atoms. The molecule has 3 aliphatic heterocycles. The number of unbranched alkanes of at least 4 members (excludes halogenated alkanes) is 2. The summed E-state index contributed by atoms with van der Waals surface area (Å²) in [5.41, 5.74) is 18.8.